The molecule has 4 heterocycles. The quantitative estimate of drug-likeness (QED) is 0.0519. The van der Waals surface area contributed by atoms with Crippen molar-refractivity contribution in [1.29, 1.82) is 1.28 Å². The number of anilines is 1. The van der Waals surface area contributed by atoms with Crippen LogP contribution < -0.4 is 16.6 Å². The fourth-order valence-corrected chi connectivity index (χ4v) is 9.32. The minimum absolute atomic E-state index is 0. The van der Waals surface area contributed by atoms with E-state index in [-0.39, 0.29) is 36.7 Å². The first-order valence-electron chi connectivity index (χ1n) is 25.2. The van der Waals surface area contributed by atoms with Crippen LogP contribution in [0.5, 0.6) is 0 Å². The van der Waals surface area contributed by atoms with Crippen molar-refractivity contribution in [2.75, 3.05) is 59.7 Å². The van der Waals surface area contributed by atoms with Crippen LogP contribution >= 0.6 is 31.5 Å². The van der Waals surface area contributed by atoms with Crippen molar-refractivity contribution in [2.24, 2.45) is 5.73 Å². The number of aromatic amines is 1. The number of aromatic nitrogens is 6. The monoisotopic (exact) mass is 1290 g/mol. The Hall–Kier alpha value is -5.45. The molecule has 4 N–H and O–H groups in total. The fraction of sp³-hybridized carbons (Fsp3) is 0.241. The zero-order chi connectivity index (χ0) is 54.3. The summed E-state index contributed by atoms with van der Waals surface area (Å²) in [6.45, 7) is 9.71. The average molecular weight is 1290 g/mol. The zero-order valence-corrected chi connectivity index (χ0v) is 50.5. The Morgan fingerprint density at radius 3 is 1.68 bits per heavy atom. The van der Waals surface area contributed by atoms with Gasteiger partial charge in [-0.1, -0.05) is 120 Å². The second kappa shape index (κ2) is 29.3. The molecule has 0 aliphatic rings. The molecule has 0 fully saturated rings. The number of fused-ring (bicyclic) bond motifs is 4. The molecule has 10 rings (SSSR count). The average Bonchev–Trinajstić information content (AvgIpc) is 4.08. The third kappa shape index (κ3) is 15.4. The van der Waals surface area contributed by atoms with Gasteiger partial charge < -0.3 is 35.0 Å². The summed E-state index contributed by atoms with van der Waals surface area (Å²) in [6, 6.07) is 44.5. The largest absolute Gasteiger partial charge is 0 e. The molecule has 1 atom stereocenters. The number of rotatable bonds is 15. The number of nitrogens with one attached hydrogen (secondary N) is 2. The maximum Gasteiger partial charge on any atom is 0 e. The number of H-pyrrole nitrogens is 1. The number of halogens is 2. The van der Waals surface area contributed by atoms with E-state index >= 15 is 0 Å². The van der Waals surface area contributed by atoms with Crippen LogP contribution in [0, 0.1) is 45.0 Å². The molecule has 0 bridgehead atoms. The van der Waals surface area contributed by atoms with Gasteiger partial charge in [0.15, 0.2) is 5.82 Å². The van der Waals surface area contributed by atoms with Crippen molar-refractivity contribution in [2.45, 2.75) is 39.8 Å². The first-order valence-corrected chi connectivity index (χ1v) is 26.6. The van der Waals surface area contributed by atoms with Gasteiger partial charge in [-0.25, -0.2) is 15.0 Å². The van der Waals surface area contributed by atoms with Crippen LogP contribution in [0.4, 0.5) is 5.82 Å². The van der Waals surface area contributed by atoms with Gasteiger partial charge in [0.1, 0.15) is 11.6 Å². The summed E-state index contributed by atoms with van der Waals surface area (Å²) in [6.07, 6.45) is 6.29. The van der Waals surface area contributed by atoms with Crippen molar-refractivity contribution in [3.05, 3.63) is 189 Å². The predicted octanol–water partition coefficient (Wildman–Crippen LogP) is 11.8. The minimum atomic E-state index is -1.53. The number of hydrogen-bond donors (Lipinski definition) is 3. The molecular weight excluding hydrogens is 1230 g/mol. The van der Waals surface area contributed by atoms with Gasteiger partial charge in [0.05, 0.1) is 37.5 Å². The first kappa shape index (κ1) is 58.2. The maximum absolute atomic E-state index is 12.7. The van der Waals surface area contributed by atoms with E-state index in [4.69, 9.17) is 45.2 Å². The smallest absolute Gasteiger partial charge is 0 e. The van der Waals surface area contributed by atoms with Gasteiger partial charge in [0.2, 0.25) is 0 Å². The fourth-order valence-electron chi connectivity index (χ4n) is 8.78. The number of nitrogens with two attached hydrogens (primary N) is 1. The predicted molar refractivity (Wildman–Crippen MR) is 319 cm³/mol. The molecule has 0 saturated heterocycles. The second-order valence-electron chi connectivity index (χ2n) is 18.6. The second-order valence-corrected chi connectivity index (χ2v) is 19.9. The topological polar surface area (TPSA) is 143 Å². The number of para-hydroxylation sites is 2. The Bertz CT molecular complexity index is 3610. The van der Waals surface area contributed by atoms with E-state index in [0.717, 1.165) is 106 Å². The van der Waals surface area contributed by atoms with Gasteiger partial charge in [-0.3, -0.25) is 4.79 Å². The van der Waals surface area contributed by atoms with E-state index in [1.165, 1.54) is 11.1 Å². The van der Waals surface area contributed by atoms with E-state index in [0.29, 0.717) is 46.0 Å². The molecule has 12 nitrogen and oxygen atoms in total. The molecule has 10 aromatic rings. The van der Waals surface area contributed by atoms with Crippen LogP contribution in [-0.4, -0.2) is 109 Å². The van der Waals surface area contributed by atoms with Gasteiger partial charge in [-0.2, -0.15) is 0 Å². The van der Waals surface area contributed by atoms with Crippen LogP contribution in [0.25, 0.3) is 66.4 Å². The number of aryl methyl sites for hydroxylation is 2. The minimum Gasteiger partial charge on any atom is 0 e. The van der Waals surface area contributed by atoms with E-state index in [2.05, 4.69) is 139 Å². The van der Waals surface area contributed by atoms with Crippen molar-refractivity contribution < 1.29 is 35.8 Å². The molecule has 1 unspecified atom stereocenters. The Kier molecular flexibility index (Phi) is 22.5. The van der Waals surface area contributed by atoms with Crippen molar-refractivity contribution >= 4 is 95.3 Å². The third-order valence-corrected chi connectivity index (χ3v) is 13.2. The molecule has 0 aliphatic heterocycles. The van der Waals surface area contributed by atoms with Crippen LogP contribution in [0.3, 0.4) is 0 Å². The Labute approximate surface area is 484 Å². The maximum atomic E-state index is 12.7. The summed E-state index contributed by atoms with van der Waals surface area (Å²) in [5.41, 5.74) is 15.1. The number of hydrogen-bond acceptors (Lipinski definition) is 9. The zero-order valence-electron chi connectivity index (χ0n) is 44.9. The third-order valence-electron chi connectivity index (χ3n) is 12.4. The molecule has 4 aromatic heterocycles. The molecular formula is C58H63B2Cl2N10O2PU. The van der Waals surface area contributed by atoms with Crippen LogP contribution in [0.1, 0.15) is 35.1 Å². The molecule has 0 aliphatic carbocycles. The van der Waals surface area contributed by atoms with E-state index in [9.17, 15) is 9.50 Å². The molecule has 0 saturated carbocycles. The van der Waals surface area contributed by atoms with Crippen LogP contribution in [0.2, 0.25) is 10.0 Å². The molecule has 0 spiro atoms. The van der Waals surface area contributed by atoms with Gasteiger partial charge in [0, 0.05) is 90.4 Å². The van der Waals surface area contributed by atoms with Gasteiger partial charge in [-0.15, -0.1) is 0 Å². The summed E-state index contributed by atoms with van der Waals surface area (Å²) in [7, 11) is 11.4. The summed E-state index contributed by atoms with van der Waals surface area (Å²) in [5, 5.41) is 8.42. The standard InChI is InChI=1S/C29H30ClN5.C24H18ClN3O.C5H14N2.B2HOP.U/c1-20-10-7-13-22-27(20)32-29(33-28(22)31-16-9-17-34(2)3)23-19-35(18-21-11-5-4-6-12-21)25-15-8-14-24(30)26(23)25;1-15-7-5-10-17-22(15)26-23(27-24(17)29)18-14-28(13-16-8-3-2-4-9-16)20-12-6-11-19(25)21(18)20;1-7(2)5-3-4-6;1-4-2-3;/h4-8,10-15,19H,9,16-18H2,1-3H3,(H,31,32,33);2-12,14H,13H2,1H3,(H,26,27,29);3-6H2,1-2H3;4H;/i;;;4D;. The molecule has 2 radical (unpaired) electrons. The Balaban J connectivity index is 0.000000206. The molecule has 386 valence electrons. The molecule has 6 aromatic carbocycles. The summed E-state index contributed by atoms with van der Waals surface area (Å²) >= 11 is 13.3. The van der Waals surface area contributed by atoms with Crippen LogP contribution in [0.15, 0.2) is 151 Å². The van der Waals surface area contributed by atoms with E-state index in [1.807, 2.05) is 79.9 Å². The number of nitrogens with zero attached hydrogens (tertiary/aromatic N) is 7. The summed E-state index contributed by atoms with van der Waals surface area (Å²) in [5.74, 6) is 2.08. The van der Waals surface area contributed by atoms with Gasteiger partial charge >= 0.3 is 28.7 Å². The summed E-state index contributed by atoms with van der Waals surface area (Å²) in [4.78, 5) is 34.9. The SMILES string of the molecule is CN(C)CCCN.Cc1cccc2c(=O)[nH]c(-c3cn(Cc4ccccc4)c4cccc(Cl)c34)nc12.Cc1cccc2c(NCCCN(C)C)nc(-c3cn(Cc4ccccc4)c4cccc(Cl)c34)nc12.[2H]P([B])B=O.[U]. The van der Waals surface area contributed by atoms with E-state index < -0.39 is 8.28 Å². The van der Waals surface area contributed by atoms with Crippen LogP contribution in [-0.2, 0) is 17.8 Å². The van der Waals surface area contributed by atoms with Gasteiger partial charge in [0.25, 0.3) is 5.56 Å². The van der Waals surface area contributed by atoms with Crippen molar-refractivity contribution in [3.63, 3.8) is 0 Å². The molecule has 0 amide bonds. The van der Waals surface area contributed by atoms with Gasteiger partial charge in [-0.05, 0) is 133 Å². The molecule has 18 heteroatoms. The van der Waals surface area contributed by atoms with Crippen molar-refractivity contribution in [1.82, 2.24) is 38.9 Å². The first-order chi connectivity index (χ1) is 36.7. The number of benzene rings is 6. The van der Waals surface area contributed by atoms with Crippen molar-refractivity contribution in [3.8, 4) is 22.8 Å². The Morgan fingerprint density at radius 2 is 1.17 bits per heavy atom. The van der Waals surface area contributed by atoms with E-state index in [1.54, 1.807) is 6.07 Å². The summed E-state index contributed by atoms with van der Waals surface area (Å²) < 4.78 is 19.9. The normalized spacial score (nSPS) is 11.5. The Morgan fingerprint density at radius 1 is 0.684 bits per heavy atom. The molecule has 76 heavy (non-hydrogen) atoms.